The number of carbonyl (C=O) groups is 3. The topological polar surface area (TPSA) is 93.7 Å². The van der Waals surface area contributed by atoms with Gasteiger partial charge in [-0.05, 0) is 75.1 Å². The second-order valence-corrected chi connectivity index (χ2v) is 8.57. The maximum absolute atomic E-state index is 13.6. The van der Waals surface area contributed by atoms with E-state index in [0.29, 0.717) is 42.9 Å². The molecule has 0 aliphatic heterocycles. The van der Waals surface area contributed by atoms with Crippen molar-refractivity contribution in [3.8, 4) is 5.75 Å². The Kier molecular flexibility index (Phi) is 9.48. The number of ether oxygens (including phenoxy) is 2. The minimum atomic E-state index is -4.85. The lowest BCUT2D eigenvalue weighted by molar-refractivity contribution is -0.149. The molecule has 0 unspecified atom stereocenters. The first-order chi connectivity index (χ1) is 17.6. The highest BCUT2D eigenvalue weighted by atomic mass is 19.4. The van der Waals surface area contributed by atoms with Crippen LogP contribution in [0.3, 0.4) is 0 Å². The van der Waals surface area contributed by atoms with E-state index in [0.717, 1.165) is 18.9 Å². The van der Waals surface area contributed by atoms with E-state index in [4.69, 9.17) is 9.47 Å². The molecule has 1 saturated carbocycles. The van der Waals surface area contributed by atoms with E-state index in [9.17, 15) is 31.9 Å². The fourth-order valence-corrected chi connectivity index (χ4v) is 4.00. The molecule has 0 spiro atoms. The van der Waals surface area contributed by atoms with Crippen LogP contribution in [0, 0.1) is 11.7 Å². The number of amides is 2. The fraction of sp³-hybridized carbons (Fsp3) is 0.423. The molecule has 2 N–H and O–H groups in total. The summed E-state index contributed by atoms with van der Waals surface area (Å²) in [6.07, 6.45) is -2.00. The molecule has 1 aliphatic rings. The first-order valence-corrected chi connectivity index (χ1v) is 11.9. The Bertz CT molecular complexity index is 1100. The Morgan fingerprint density at radius 2 is 1.46 bits per heavy atom. The number of hydrogen-bond donors (Lipinski definition) is 2. The molecule has 1 fully saturated rings. The summed E-state index contributed by atoms with van der Waals surface area (Å²) in [5.74, 6) is -2.34. The molecule has 200 valence electrons. The predicted molar refractivity (Wildman–Crippen MR) is 126 cm³/mol. The van der Waals surface area contributed by atoms with E-state index < -0.39 is 29.4 Å². The van der Waals surface area contributed by atoms with Gasteiger partial charge in [0.25, 0.3) is 11.8 Å². The summed E-state index contributed by atoms with van der Waals surface area (Å²) in [4.78, 5) is 36.2. The fourth-order valence-electron chi connectivity index (χ4n) is 4.00. The van der Waals surface area contributed by atoms with Crippen LogP contribution in [0.15, 0.2) is 42.5 Å². The minimum Gasteiger partial charge on any atom is -0.490 e. The van der Waals surface area contributed by atoms with E-state index in [1.54, 1.807) is 31.2 Å². The predicted octanol–water partition coefficient (Wildman–Crippen LogP) is 4.51. The number of halogens is 4. The first-order valence-electron chi connectivity index (χ1n) is 11.9. The van der Waals surface area contributed by atoms with Gasteiger partial charge in [0.05, 0.1) is 24.2 Å². The molecule has 2 aromatic rings. The maximum atomic E-state index is 13.6. The molecule has 0 radical (unpaired) electrons. The van der Waals surface area contributed by atoms with Crippen molar-refractivity contribution < 1.29 is 41.4 Å². The number of rotatable bonds is 9. The molecule has 0 aromatic heterocycles. The molecule has 0 saturated heterocycles. The SMILES string of the molecule is CCOC(=O)[C@H]1CC[C@@H](Oc2ccc(C(=O)NCCNC(=O)c3ccc(C(F)(F)F)c(F)c3)cc2)CC1. The van der Waals surface area contributed by atoms with Gasteiger partial charge in [-0.25, -0.2) is 4.39 Å². The van der Waals surface area contributed by atoms with E-state index in [-0.39, 0.29) is 36.6 Å². The highest BCUT2D eigenvalue weighted by Gasteiger charge is 2.34. The summed E-state index contributed by atoms with van der Waals surface area (Å²) in [5, 5.41) is 5.02. The number of hydrogen-bond acceptors (Lipinski definition) is 5. The second kappa shape index (κ2) is 12.6. The van der Waals surface area contributed by atoms with Crippen LogP contribution in [0.5, 0.6) is 5.75 Å². The number of carbonyl (C=O) groups excluding carboxylic acids is 3. The number of nitrogens with one attached hydrogen (secondary N) is 2. The van der Waals surface area contributed by atoms with Crippen molar-refractivity contribution in [2.75, 3.05) is 19.7 Å². The van der Waals surface area contributed by atoms with Crippen LogP contribution < -0.4 is 15.4 Å². The maximum Gasteiger partial charge on any atom is 0.419 e. The van der Waals surface area contributed by atoms with Gasteiger partial charge in [0, 0.05) is 24.2 Å². The molecule has 0 bridgehead atoms. The van der Waals surface area contributed by atoms with Gasteiger partial charge < -0.3 is 20.1 Å². The Hall–Kier alpha value is -3.63. The third-order valence-corrected chi connectivity index (χ3v) is 5.95. The van der Waals surface area contributed by atoms with Crippen molar-refractivity contribution in [1.29, 1.82) is 0 Å². The van der Waals surface area contributed by atoms with Crippen molar-refractivity contribution in [3.05, 3.63) is 65.0 Å². The minimum absolute atomic E-state index is 0.0110. The summed E-state index contributed by atoms with van der Waals surface area (Å²) in [6.45, 7) is 2.19. The Morgan fingerprint density at radius 3 is 2.00 bits per heavy atom. The van der Waals surface area contributed by atoms with Crippen molar-refractivity contribution in [3.63, 3.8) is 0 Å². The molecule has 1 aliphatic carbocycles. The van der Waals surface area contributed by atoms with Crippen molar-refractivity contribution >= 4 is 17.8 Å². The van der Waals surface area contributed by atoms with Crippen molar-refractivity contribution in [2.45, 2.75) is 44.9 Å². The summed E-state index contributed by atoms with van der Waals surface area (Å²) >= 11 is 0. The average Bonchev–Trinajstić information content (AvgIpc) is 2.86. The lowest BCUT2D eigenvalue weighted by Gasteiger charge is -2.27. The molecular weight excluding hydrogens is 496 g/mol. The van der Waals surface area contributed by atoms with Crippen LogP contribution in [0.2, 0.25) is 0 Å². The van der Waals surface area contributed by atoms with Gasteiger partial charge >= 0.3 is 12.1 Å². The van der Waals surface area contributed by atoms with Gasteiger partial charge in [0.15, 0.2) is 0 Å². The highest BCUT2D eigenvalue weighted by Crippen LogP contribution is 2.31. The molecule has 2 amide bonds. The third kappa shape index (κ3) is 7.93. The van der Waals surface area contributed by atoms with E-state index in [1.165, 1.54) is 0 Å². The number of esters is 1. The van der Waals surface area contributed by atoms with Crippen molar-refractivity contribution in [1.82, 2.24) is 10.6 Å². The standard InChI is InChI=1S/C26H28F4N2O5/c1-2-36-25(35)17-5-10-20(11-6-17)37-19-8-3-16(4-9-19)23(33)31-13-14-32-24(34)18-7-12-21(22(27)15-18)26(28,29)30/h3-4,7-9,12,15,17,20H,2,5-6,10-11,13-14H2,1H3,(H,31,33)(H,32,34)/t17-,20+. The number of benzene rings is 2. The third-order valence-electron chi connectivity index (χ3n) is 5.95. The zero-order valence-corrected chi connectivity index (χ0v) is 20.2. The zero-order valence-electron chi connectivity index (χ0n) is 20.2. The molecule has 3 rings (SSSR count). The zero-order chi connectivity index (χ0) is 27.0. The summed E-state index contributed by atoms with van der Waals surface area (Å²) in [6, 6.07) is 8.45. The van der Waals surface area contributed by atoms with Crippen molar-refractivity contribution in [2.24, 2.45) is 5.92 Å². The highest BCUT2D eigenvalue weighted by molar-refractivity contribution is 5.95. The van der Waals surface area contributed by atoms with Gasteiger partial charge in [-0.2, -0.15) is 13.2 Å². The van der Waals surface area contributed by atoms with Gasteiger partial charge in [-0.3, -0.25) is 14.4 Å². The average molecular weight is 525 g/mol. The summed E-state index contributed by atoms with van der Waals surface area (Å²) in [7, 11) is 0. The molecule has 11 heteroatoms. The normalized spacial score (nSPS) is 17.5. The number of alkyl halides is 3. The Labute approximate surface area is 211 Å². The van der Waals surface area contributed by atoms with Gasteiger partial charge in [-0.15, -0.1) is 0 Å². The van der Waals surface area contributed by atoms with E-state index in [2.05, 4.69) is 10.6 Å². The van der Waals surface area contributed by atoms with Gasteiger partial charge in [0.2, 0.25) is 0 Å². The summed E-state index contributed by atoms with van der Waals surface area (Å²) in [5.41, 5.74) is -1.34. The van der Waals surface area contributed by atoms with E-state index in [1.807, 2.05) is 0 Å². The van der Waals surface area contributed by atoms with Gasteiger partial charge in [0.1, 0.15) is 11.6 Å². The first kappa shape index (κ1) is 27.9. The Morgan fingerprint density at radius 1 is 0.892 bits per heavy atom. The molecule has 0 heterocycles. The molecule has 37 heavy (non-hydrogen) atoms. The smallest absolute Gasteiger partial charge is 0.419 e. The van der Waals surface area contributed by atoms with E-state index >= 15 is 0 Å². The van der Waals surface area contributed by atoms with Gasteiger partial charge in [-0.1, -0.05) is 0 Å². The molecule has 2 aromatic carbocycles. The summed E-state index contributed by atoms with van der Waals surface area (Å²) < 4.78 is 62.6. The van der Waals surface area contributed by atoms with Crippen LogP contribution >= 0.6 is 0 Å². The lowest BCUT2D eigenvalue weighted by atomic mass is 9.87. The molecular formula is C26H28F4N2O5. The lowest BCUT2D eigenvalue weighted by Crippen LogP contribution is -2.34. The van der Waals surface area contributed by atoms with Crippen LogP contribution in [0.25, 0.3) is 0 Å². The van der Waals surface area contributed by atoms with Crippen LogP contribution in [0.4, 0.5) is 17.6 Å². The second-order valence-electron chi connectivity index (χ2n) is 8.57. The van der Waals surface area contributed by atoms with Crippen LogP contribution in [-0.2, 0) is 15.7 Å². The quantitative estimate of drug-likeness (QED) is 0.286. The molecule has 0 atom stereocenters. The largest absolute Gasteiger partial charge is 0.490 e. The van der Waals surface area contributed by atoms with Crippen LogP contribution in [-0.4, -0.2) is 43.6 Å². The monoisotopic (exact) mass is 524 g/mol. The Balaban J connectivity index is 1.39. The van der Waals surface area contributed by atoms with Crippen LogP contribution in [0.1, 0.15) is 58.9 Å². The molecule has 7 nitrogen and oxygen atoms in total.